The van der Waals surface area contributed by atoms with Crippen LogP contribution in [0.5, 0.6) is 17.2 Å². The normalized spacial score (nSPS) is 25.2. The average molecular weight is 476 g/mol. The van der Waals surface area contributed by atoms with Gasteiger partial charge in [0, 0.05) is 23.9 Å². The van der Waals surface area contributed by atoms with Crippen LogP contribution in [0.15, 0.2) is 51.7 Å². The number of carbonyl (C=O) groups excluding carboxylic acids is 1. The summed E-state index contributed by atoms with van der Waals surface area (Å²) in [5.74, 6) is -2.48. The first-order chi connectivity index (χ1) is 15.7. The van der Waals surface area contributed by atoms with Gasteiger partial charge in [-0.1, -0.05) is 30.3 Å². The van der Waals surface area contributed by atoms with Gasteiger partial charge in [-0.15, -0.1) is 9.24 Å². The summed E-state index contributed by atoms with van der Waals surface area (Å²) in [6.07, 6.45) is -8.56. The second kappa shape index (κ2) is 9.09. The molecule has 33 heavy (non-hydrogen) atoms. The molecular formula is C22H21O10P. The zero-order valence-electron chi connectivity index (χ0n) is 17.0. The number of benzene rings is 2. The molecule has 1 fully saturated rings. The molecule has 5 N–H and O–H groups in total. The number of phenols is 2. The first-order valence-electron chi connectivity index (χ1n) is 9.90. The minimum Gasteiger partial charge on any atom is -0.504 e. The lowest BCUT2D eigenvalue weighted by Crippen LogP contribution is -2.61. The second-order valence-corrected chi connectivity index (χ2v) is 7.88. The van der Waals surface area contributed by atoms with E-state index in [-0.39, 0.29) is 22.9 Å². The van der Waals surface area contributed by atoms with E-state index in [2.05, 4.69) is 9.24 Å². The number of rotatable bonds is 5. The van der Waals surface area contributed by atoms with Crippen molar-refractivity contribution in [1.29, 1.82) is 0 Å². The third-order valence-corrected chi connectivity index (χ3v) is 5.72. The van der Waals surface area contributed by atoms with E-state index in [0.29, 0.717) is 5.56 Å². The molecule has 174 valence electrons. The summed E-state index contributed by atoms with van der Waals surface area (Å²) in [6, 6.07) is 11.0. The van der Waals surface area contributed by atoms with E-state index in [1.165, 1.54) is 6.07 Å². The van der Waals surface area contributed by atoms with Crippen molar-refractivity contribution >= 4 is 26.0 Å². The number of aliphatic hydroxyl groups is 3. The molecule has 3 aromatic rings. The van der Waals surface area contributed by atoms with Crippen molar-refractivity contribution in [2.75, 3.05) is 6.16 Å². The van der Waals surface area contributed by atoms with Gasteiger partial charge in [-0.05, 0) is 0 Å². The first-order valence-corrected chi connectivity index (χ1v) is 10.7. The number of fused-ring (bicyclic) bond motifs is 1. The zero-order valence-corrected chi connectivity index (χ0v) is 18.1. The molecule has 0 bridgehead atoms. The summed E-state index contributed by atoms with van der Waals surface area (Å²) < 4.78 is 16.5. The number of ketones is 1. The number of Topliss-reactive ketones (excluding diaryl/α,β-unsaturated/α-hetero) is 1. The Morgan fingerprint density at radius 3 is 2.36 bits per heavy atom. The molecule has 0 aliphatic carbocycles. The highest BCUT2D eigenvalue weighted by Gasteiger charge is 2.47. The van der Waals surface area contributed by atoms with E-state index in [1.807, 2.05) is 0 Å². The van der Waals surface area contributed by atoms with Crippen molar-refractivity contribution in [3.8, 4) is 28.6 Å². The Labute approximate surface area is 188 Å². The van der Waals surface area contributed by atoms with Gasteiger partial charge >= 0.3 is 0 Å². The van der Waals surface area contributed by atoms with Gasteiger partial charge in [0.05, 0.1) is 0 Å². The number of carbonyl (C=O) groups is 1. The van der Waals surface area contributed by atoms with E-state index in [9.17, 15) is 35.1 Å². The summed E-state index contributed by atoms with van der Waals surface area (Å²) in [6.45, 7) is 0. The van der Waals surface area contributed by atoms with Crippen LogP contribution in [0.2, 0.25) is 0 Å². The molecule has 0 radical (unpaired) electrons. The van der Waals surface area contributed by atoms with E-state index in [1.54, 1.807) is 30.3 Å². The minimum atomic E-state index is -1.80. The fraction of sp³-hybridized carbons (Fsp3) is 0.273. The molecule has 1 aliphatic rings. The highest BCUT2D eigenvalue weighted by Crippen LogP contribution is 2.42. The molecule has 0 saturated carbocycles. The van der Waals surface area contributed by atoms with E-state index in [0.717, 1.165) is 6.07 Å². The van der Waals surface area contributed by atoms with E-state index < -0.39 is 59.2 Å². The Bertz CT molecular complexity index is 1240. The Morgan fingerprint density at radius 1 is 1.00 bits per heavy atom. The Morgan fingerprint density at radius 2 is 1.70 bits per heavy atom. The third-order valence-electron chi connectivity index (χ3n) is 5.32. The molecule has 2 aromatic carbocycles. The molecule has 1 aliphatic heterocycles. The predicted molar refractivity (Wildman–Crippen MR) is 118 cm³/mol. The van der Waals surface area contributed by atoms with Crippen LogP contribution in [-0.2, 0) is 9.53 Å². The van der Waals surface area contributed by atoms with Crippen LogP contribution in [0.1, 0.15) is 0 Å². The summed E-state index contributed by atoms with van der Waals surface area (Å²) in [5, 5.41) is 50.9. The number of phenolic OH excluding ortho intramolecular Hbond substituents is 2. The van der Waals surface area contributed by atoms with Crippen LogP contribution < -0.4 is 10.2 Å². The van der Waals surface area contributed by atoms with Crippen LogP contribution in [0.3, 0.4) is 0 Å². The SMILES string of the molecule is O=C(CP)C1OC(Oc2cc3oc(-c4ccccc4)cc(=O)c3c(O)c2O)C(O)C(O)C1O. The zero-order chi connectivity index (χ0) is 23.9. The molecule has 0 spiro atoms. The van der Waals surface area contributed by atoms with Crippen LogP contribution in [0.25, 0.3) is 22.3 Å². The lowest BCUT2D eigenvalue weighted by Gasteiger charge is -2.39. The average Bonchev–Trinajstić information content (AvgIpc) is 2.82. The number of aromatic hydroxyl groups is 2. The Kier molecular flexibility index (Phi) is 6.38. The topological polar surface area (TPSA) is 167 Å². The summed E-state index contributed by atoms with van der Waals surface area (Å²) in [4.78, 5) is 24.6. The molecule has 2 heterocycles. The summed E-state index contributed by atoms with van der Waals surface area (Å²) in [5.41, 5.74) is -0.156. The quantitative estimate of drug-likeness (QED) is 0.258. The van der Waals surface area contributed by atoms with Gasteiger partial charge in [-0.3, -0.25) is 9.59 Å². The minimum absolute atomic E-state index is 0.0906. The van der Waals surface area contributed by atoms with Gasteiger partial charge in [-0.2, -0.15) is 0 Å². The van der Waals surface area contributed by atoms with Crippen molar-refractivity contribution in [2.24, 2.45) is 0 Å². The lowest BCUT2D eigenvalue weighted by molar-refractivity contribution is -0.265. The van der Waals surface area contributed by atoms with Crippen molar-refractivity contribution in [2.45, 2.75) is 30.7 Å². The molecular weight excluding hydrogens is 455 g/mol. The molecule has 1 aromatic heterocycles. The fourth-order valence-electron chi connectivity index (χ4n) is 3.56. The van der Waals surface area contributed by atoms with Gasteiger partial charge in [0.1, 0.15) is 41.1 Å². The monoisotopic (exact) mass is 476 g/mol. The maximum atomic E-state index is 12.6. The number of hydrogen-bond acceptors (Lipinski definition) is 10. The van der Waals surface area contributed by atoms with Gasteiger partial charge in [0.25, 0.3) is 0 Å². The molecule has 4 rings (SSSR count). The third kappa shape index (κ3) is 4.19. The van der Waals surface area contributed by atoms with Gasteiger partial charge in [0.2, 0.25) is 12.0 Å². The summed E-state index contributed by atoms with van der Waals surface area (Å²) in [7, 11) is 2.16. The largest absolute Gasteiger partial charge is 0.504 e. The Balaban J connectivity index is 1.75. The predicted octanol–water partition coefficient (Wildman–Crippen LogP) is 0.502. The van der Waals surface area contributed by atoms with Crippen molar-refractivity contribution < 1.29 is 44.2 Å². The van der Waals surface area contributed by atoms with Crippen LogP contribution in [0, 0.1) is 0 Å². The smallest absolute Gasteiger partial charge is 0.229 e. The highest BCUT2D eigenvalue weighted by molar-refractivity contribution is 7.18. The van der Waals surface area contributed by atoms with Crippen LogP contribution in [-0.4, -0.2) is 68.2 Å². The number of aliphatic hydroxyl groups excluding tert-OH is 3. The molecule has 11 heteroatoms. The van der Waals surface area contributed by atoms with Crippen molar-refractivity contribution in [3.63, 3.8) is 0 Å². The maximum Gasteiger partial charge on any atom is 0.229 e. The molecule has 0 amide bonds. The van der Waals surface area contributed by atoms with E-state index >= 15 is 0 Å². The Hall–Kier alpha value is -3.01. The molecule has 6 unspecified atom stereocenters. The fourth-order valence-corrected chi connectivity index (χ4v) is 3.79. The number of ether oxygens (including phenoxy) is 2. The van der Waals surface area contributed by atoms with Gasteiger partial charge < -0.3 is 39.4 Å². The number of hydrogen-bond donors (Lipinski definition) is 5. The van der Waals surface area contributed by atoms with E-state index in [4.69, 9.17) is 13.9 Å². The molecule has 1 saturated heterocycles. The second-order valence-electron chi connectivity index (χ2n) is 7.47. The summed E-state index contributed by atoms with van der Waals surface area (Å²) >= 11 is 0. The van der Waals surface area contributed by atoms with Gasteiger partial charge in [0.15, 0.2) is 22.7 Å². The molecule has 6 atom stereocenters. The lowest BCUT2D eigenvalue weighted by atomic mass is 9.96. The maximum absolute atomic E-state index is 12.6. The van der Waals surface area contributed by atoms with Crippen LogP contribution in [0.4, 0.5) is 0 Å². The standard InChI is InChI=1S/C22H21O10P/c23-10-6-12(9-4-2-1-3-5-9)30-13-7-14(16(25)17(26)15(10)13)31-22-20(29)18(27)19(28)21(32-22)11(24)8-33/h1-7,18-22,25-29H,8,33H2. The van der Waals surface area contributed by atoms with Crippen molar-refractivity contribution in [1.82, 2.24) is 0 Å². The highest BCUT2D eigenvalue weighted by atomic mass is 31.0. The van der Waals surface area contributed by atoms with Crippen LogP contribution >= 0.6 is 9.24 Å². The van der Waals surface area contributed by atoms with Crippen molar-refractivity contribution in [3.05, 3.63) is 52.7 Å². The first kappa shape index (κ1) is 23.2. The van der Waals surface area contributed by atoms with Gasteiger partial charge in [-0.25, -0.2) is 0 Å². The molecule has 10 nitrogen and oxygen atoms in total.